The van der Waals surface area contributed by atoms with Gasteiger partial charge in [0.1, 0.15) is 5.82 Å². The minimum Gasteiger partial charge on any atom is -0.477 e. The van der Waals surface area contributed by atoms with Crippen molar-refractivity contribution >= 4 is 28.9 Å². The fourth-order valence-electron chi connectivity index (χ4n) is 1.81. The predicted octanol–water partition coefficient (Wildman–Crippen LogP) is 3.71. The summed E-state index contributed by atoms with van der Waals surface area (Å²) in [7, 11) is 0. The van der Waals surface area contributed by atoms with Crippen molar-refractivity contribution in [3.05, 3.63) is 62.9 Å². The van der Waals surface area contributed by atoms with E-state index in [4.69, 9.17) is 16.3 Å². The maximum absolute atomic E-state index is 13.5. The fraction of sp³-hybridized carbons (Fsp3) is 0.133. The number of nitrogens with zero attached hydrogens (tertiary/aromatic N) is 1. The van der Waals surface area contributed by atoms with E-state index in [0.29, 0.717) is 0 Å². The lowest BCUT2D eigenvalue weighted by molar-refractivity contribution is -0.385. The summed E-state index contributed by atoms with van der Waals surface area (Å²) in [5.74, 6) is -1.34. The average Bonchev–Trinajstić information content (AvgIpc) is 2.48. The molecule has 23 heavy (non-hydrogen) atoms. The van der Waals surface area contributed by atoms with Crippen LogP contribution in [0.2, 0.25) is 5.02 Å². The number of hydrogen-bond donors (Lipinski definition) is 1. The van der Waals surface area contributed by atoms with Gasteiger partial charge in [0.05, 0.1) is 10.6 Å². The molecule has 2 aromatic carbocycles. The molecule has 0 fully saturated rings. The van der Waals surface area contributed by atoms with Crippen LogP contribution in [0.3, 0.4) is 0 Å². The molecule has 2 aromatic rings. The maximum atomic E-state index is 13.5. The molecule has 0 aliphatic rings. The van der Waals surface area contributed by atoms with E-state index in [-0.39, 0.29) is 22.1 Å². The van der Waals surface area contributed by atoms with Crippen molar-refractivity contribution in [2.24, 2.45) is 0 Å². The number of nitrogens with one attached hydrogen (secondary N) is 1. The van der Waals surface area contributed by atoms with E-state index >= 15 is 0 Å². The van der Waals surface area contributed by atoms with Crippen molar-refractivity contribution in [3.8, 4) is 5.75 Å². The summed E-state index contributed by atoms with van der Waals surface area (Å²) in [6.45, 7) is 1.23. The van der Waals surface area contributed by atoms with Crippen LogP contribution in [-0.4, -0.2) is 17.4 Å². The number of halogens is 2. The quantitative estimate of drug-likeness (QED) is 0.665. The molecular formula is C15H12ClFN2O4. The first kappa shape index (κ1) is 16.7. The number of rotatable bonds is 5. The SMILES string of the molecule is Cc1ccc([N+](=O)[O-])c(OCC(=O)Nc2cc(Cl)ccc2F)c1. The van der Waals surface area contributed by atoms with Crippen molar-refractivity contribution in [1.82, 2.24) is 0 Å². The van der Waals surface area contributed by atoms with Crippen LogP contribution in [0.4, 0.5) is 15.8 Å². The van der Waals surface area contributed by atoms with Crippen LogP contribution in [0.25, 0.3) is 0 Å². The highest BCUT2D eigenvalue weighted by atomic mass is 35.5. The summed E-state index contributed by atoms with van der Waals surface area (Å²) in [6, 6.07) is 8.02. The second kappa shape index (κ2) is 7.06. The van der Waals surface area contributed by atoms with E-state index in [2.05, 4.69) is 5.32 Å². The van der Waals surface area contributed by atoms with E-state index < -0.39 is 23.3 Å². The summed E-state index contributed by atoms with van der Waals surface area (Å²) in [5, 5.41) is 13.5. The Kier molecular flexibility index (Phi) is 5.13. The van der Waals surface area contributed by atoms with Gasteiger partial charge in [-0.1, -0.05) is 17.7 Å². The zero-order valence-electron chi connectivity index (χ0n) is 12.0. The molecule has 0 aliphatic carbocycles. The molecule has 0 atom stereocenters. The summed E-state index contributed by atoms with van der Waals surface area (Å²) in [5.41, 5.74) is 0.397. The van der Waals surface area contributed by atoms with Crippen molar-refractivity contribution in [1.29, 1.82) is 0 Å². The van der Waals surface area contributed by atoms with Crippen LogP contribution in [0, 0.1) is 22.9 Å². The monoisotopic (exact) mass is 338 g/mol. The number of aryl methyl sites for hydroxylation is 1. The molecule has 0 saturated carbocycles. The Labute approximate surface area is 136 Å². The van der Waals surface area contributed by atoms with Gasteiger partial charge in [0.25, 0.3) is 5.91 Å². The normalized spacial score (nSPS) is 10.2. The van der Waals surface area contributed by atoms with Crippen LogP contribution in [0.1, 0.15) is 5.56 Å². The van der Waals surface area contributed by atoms with Crippen LogP contribution in [0.5, 0.6) is 5.75 Å². The molecule has 1 N–H and O–H groups in total. The minimum atomic E-state index is -0.665. The second-order valence-corrected chi connectivity index (χ2v) is 5.13. The molecule has 0 saturated heterocycles. The lowest BCUT2D eigenvalue weighted by Gasteiger charge is -2.09. The van der Waals surface area contributed by atoms with Gasteiger partial charge < -0.3 is 10.1 Å². The van der Waals surface area contributed by atoms with Crippen molar-refractivity contribution in [3.63, 3.8) is 0 Å². The van der Waals surface area contributed by atoms with Crippen molar-refractivity contribution in [2.75, 3.05) is 11.9 Å². The van der Waals surface area contributed by atoms with E-state index in [1.54, 1.807) is 13.0 Å². The van der Waals surface area contributed by atoms with E-state index in [9.17, 15) is 19.3 Å². The summed E-state index contributed by atoms with van der Waals surface area (Å²) in [4.78, 5) is 22.1. The van der Waals surface area contributed by atoms with Crippen LogP contribution < -0.4 is 10.1 Å². The molecule has 6 nitrogen and oxygen atoms in total. The molecule has 0 spiro atoms. The van der Waals surface area contributed by atoms with Crippen molar-refractivity contribution < 1.29 is 18.8 Å². The first-order valence-electron chi connectivity index (χ1n) is 6.49. The number of carbonyl (C=O) groups excluding carboxylic acids is 1. The molecular weight excluding hydrogens is 327 g/mol. The van der Waals surface area contributed by atoms with E-state index in [1.807, 2.05) is 0 Å². The molecule has 0 unspecified atom stereocenters. The molecule has 0 heterocycles. The van der Waals surface area contributed by atoms with Crippen LogP contribution >= 0.6 is 11.6 Å². The highest BCUT2D eigenvalue weighted by molar-refractivity contribution is 6.30. The molecule has 0 aromatic heterocycles. The highest BCUT2D eigenvalue weighted by Gasteiger charge is 2.16. The summed E-state index contributed by atoms with van der Waals surface area (Å²) in [6.07, 6.45) is 0. The number of anilines is 1. The fourth-order valence-corrected chi connectivity index (χ4v) is 1.98. The van der Waals surface area contributed by atoms with Gasteiger partial charge in [-0.15, -0.1) is 0 Å². The van der Waals surface area contributed by atoms with Gasteiger partial charge in [-0.25, -0.2) is 4.39 Å². The van der Waals surface area contributed by atoms with Crippen molar-refractivity contribution in [2.45, 2.75) is 6.92 Å². The van der Waals surface area contributed by atoms with Gasteiger partial charge in [-0.2, -0.15) is 0 Å². The van der Waals surface area contributed by atoms with Gasteiger partial charge in [0.15, 0.2) is 12.4 Å². The molecule has 0 aliphatic heterocycles. The molecule has 0 bridgehead atoms. The van der Waals surface area contributed by atoms with Crippen LogP contribution in [-0.2, 0) is 4.79 Å². The zero-order valence-corrected chi connectivity index (χ0v) is 12.8. The number of hydrogen-bond acceptors (Lipinski definition) is 4. The third kappa shape index (κ3) is 4.40. The Balaban J connectivity index is 2.06. The first-order valence-corrected chi connectivity index (χ1v) is 6.87. The van der Waals surface area contributed by atoms with E-state index in [0.717, 1.165) is 11.6 Å². The van der Waals surface area contributed by atoms with Crippen LogP contribution in [0.15, 0.2) is 36.4 Å². The average molecular weight is 339 g/mol. The van der Waals surface area contributed by atoms with Gasteiger partial charge in [-0.05, 0) is 36.8 Å². The predicted molar refractivity (Wildman–Crippen MR) is 83.4 cm³/mol. The summed E-state index contributed by atoms with van der Waals surface area (Å²) >= 11 is 5.72. The molecule has 120 valence electrons. The molecule has 0 radical (unpaired) electrons. The second-order valence-electron chi connectivity index (χ2n) is 4.69. The lowest BCUT2D eigenvalue weighted by atomic mass is 10.2. The number of nitro benzene ring substituents is 1. The Hall–Kier alpha value is -2.67. The topological polar surface area (TPSA) is 81.5 Å². The van der Waals surface area contributed by atoms with Gasteiger partial charge in [0.2, 0.25) is 0 Å². The van der Waals surface area contributed by atoms with Gasteiger partial charge >= 0.3 is 5.69 Å². The number of benzene rings is 2. The molecule has 1 amide bonds. The smallest absolute Gasteiger partial charge is 0.310 e. The zero-order chi connectivity index (χ0) is 17.0. The number of nitro groups is 1. The van der Waals surface area contributed by atoms with Gasteiger partial charge in [-0.3, -0.25) is 14.9 Å². The number of amides is 1. The number of ether oxygens (including phenoxy) is 1. The maximum Gasteiger partial charge on any atom is 0.310 e. The van der Waals surface area contributed by atoms with Gasteiger partial charge in [0, 0.05) is 11.1 Å². The highest BCUT2D eigenvalue weighted by Crippen LogP contribution is 2.27. The lowest BCUT2D eigenvalue weighted by Crippen LogP contribution is -2.21. The Morgan fingerprint density at radius 1 is 1.35 bits per heavy atom. The Bertz CT molecular complexity index is 767. The number of carbonyl (C=O) groups is 1. The standard InChI is InChI=1S/C15H12ClFN2O4/c1-9-2-5-13(19(21)22)14(6-9)23-8-15(20)18-12-7-10(16)3-4-11(12)17/h2-7H,8H2,1H3,(H,18,20). The third-order valence-electron chi connectivity index (χ3n) is 2.87. The first-order chi connectivity index (χ1) is 10.9. The van der Waals surface area contributed by atoms with E-state index in [1.165, 1.54) is 24.3 Å². The minimum absolute atomic E-state index is 0.0308. The summed E-state index contributed by atoms with van der Waals surface area (Å²) < 4.78 is 18.7. The largest absolute Gasteiger partial charge is 0.477 e. The molecule has 8 heteroatoms. The Morgan fingerprint density at radius 2 is 2.09 bits per heavy atom. The molecule has 2 rings (SSSR count). The third-order valence-corrected chi connectivity index (χ3v) is 3.11. The Morgan fingerprint density at radius 3 is 2.78 bits per heavy atom.